The molecule has 3 heterocycles. The fourth-order valence-corrected chi connectivity index (χ4v) is 3.89. The molecule has 3 aliphatic heterocycles. The molecule has 0 aliphatic carbocycles. The number of ether oxygens (including phenoxy) is 1. The first kappa shape index (κ1) is 17.4. The summed E-state index contributed by atoms with van der Waals surface area (Å²) in [5.74, 6) is -0.382. The van der Waals surface area contributed by atoms with Crippen molar-refractivity contribution in [1.82, 2.24) is 10.2 Å². The molecule has 1 amide bonds. The summed E-state index contributed by atoms with van der Waals surface area (Å²) in [5, 5.41) is 6.96. The van der Waals surface area contributed by atoms with Gasteiger partial charge in [0.15, 0.2) is 5.60 Å². The van der Waals surface area contributed by atoms with Crippen LogP contribution in [0.1, 0.15) is 31.2 Å². The van der Waals surface area contributed by atoms with E-state index in [1.54, 1.807) is 12.1 Å². The topological polar surface area (TPSA) is 63.2 Å². The predicted molar refractivity (Wildman–Crippen MR) is 94.1 cm³/mol. The van der Waals surface area contributed by atoms with Gasteiger partial charge in [0, 0.05) is 45.6 Å². The highest BCUT2D eigenvalue weighted by Crippen LogP contribution is 2.34. The second-order valence-electron chi connectivity index (χ2n) is 7.42. The number of halogens is 1. The minimum atomic E-state index is -0.406. The van der Waals surface area contributed by atoms with Gasteiger partial charge in [0.25, 0.3) is 5.91 Å². The summed E-state index contributed by atoms with van der Waals surface area (Å²) in [6.45, 7) is 3.64. The van der Waals surface area contributed by atoms with Crippen LogP contribution in [0.5, 0.6) is 0 Å². The van der Waals surface area contributed by atoms with Gasteiger partial charge in [-0.15, -0.1) is 0 Å². The van der Waals surface area contributed by atoms with Crippen molar-refractivity contribution in [1.29, 1.82) is 0 Å². The zero-order valence-electron chi connectivity index (χ0n) is 14.7. The van der Waals surface area contributed by atoms with E-state index in [1.807, 2.05) is 0 Å². The third-order valence-electron chi connectivity index (χ3n) is 5.33. The maximum absolute atomic E-state index is 13.0. The van der Waals surface area contributed by atoms with Gasteiger partial charge in [0.2, 0.25) is 0 Å². The van der Waals surface area contributed by atoms with Crippen molar-refractivity contribution in [2.24, 2.45) is 5.16 Å². The highest BCUT2D eigenvalue weighted by Gasteiger charge is 2.46. The highest BCUT2D eigenvalue weighted by atomic mass is 19.1. The highest BCUT2D eigenvalue weighted by molar-refractivity contribution is 6.39. The molecule has 7 heteroatoms. The van der Waals surface area contributed by atoms with Crippen LogP contribution in [-0.4, -0.2) is 54.5 Å². The molecule has 140 valence electrons. The van der Waals surface area contributed by atoms with Crippen molar-refractivity contribution < 1.29 is 18.8 Å². The van der Waals surface area contributed by atoms with E-state index in [0.717, 1.165) is 51.1 Å². The molecule has 0 radical (unpaired) electrons. The fourth-order valence-electron chi connectivity index (χ4n) is 3.89. The van der Waals surface area contributed by atoms with Crippen LogP contribution in [-0.2, 0) is 20.9 Å². The molecule has 6 nitrogen and oxygen atoms in total. The van der Waals surface area contributed by atoms with E-state index in [0.29, 0.717) is 18.7 Å². The standard InChI is InChI=1S/C19H24FN3O3/c20-15-5-3-14(4-6-15)12-23-8-7-19(13-23)10-17(22-26-19)18(24)21-11-16-2-1-9-25-16/h3-6,16H,1-2,7-13H2,(H,21,24)/t16-,19+/m0/s1. The van der Waals surface area contributed by atoms with Crippen molar-refractivity contribution in [3.63, 3.8) is 0 Å². The van der Waals surface area contributed by atoms with Crippen LogP contribution in [0, 0.1) is 5.82 Å². The van der Waals surface area contributed by atoms with Gasteiger partial charge in [0.05, 0.1) is 6.10 Å². The molecular formula is C19H24FN3O3. The number of carbonyl (C=O) groups excluding carboxylic acids is 1. The molecule has 0 saturated carbocycles. The maximum Gasteiger partial charge on any atom is 0.269 e. The van der Waals surface area contributed by atoms with Gasteiger partial charge >= 0.3 is 0 Å². The lowest BCUT2D eigenvalue weighted by molar-refractivity contribution is -0.115. The first-order chi connectivity index (χ1) is 12.6. The molecule has 26 heavy (non-hydrogen) atoms. The molecular weight excluding hydrogens is 337 g/mol. The molecule has 0 aromatic heterocycles. The van der Waals surface area contributed by atoms with Crippen molar-refractivity contribution in [2.45, 2.75) is 43.9 Å². The Morgan fingerprint density at radius 2 is 2.23 bits per heavy atom. The van der Waals surface area contributed by atoms with Crippen LogP contribution >= 0.6 is 0 Å². The van der Waals surface area contributed by atoms with Crippen LogP contribution in [0.3, 0.4) is 0 Å². The fraction of sp³-hybridized carbons (Fsp3) is 0.579. The summed E-state index contributed by atoms with van der Waals surface area (Å²) >= 11 is 0. The monoisotopic (exact) mass is 361 g/mol. The van der Waals surface area contributed by atoms with Crippen LogP contribution in [0.4, 0.5) is 4.39 Å². The van der Waals surface area contributed by atoms with Crippen molar-refractivity contribution in [2.75, 3.05) is 26.2 Å². The van der Waals surface area contributed by atoms with E-state index in [2.05, 4.69) is 15.4 Å². The van der Waals surface area contributed by atoms with Gasteiger partial charge in [-0.2, -0.15) is 0 Å². The summed E-state index contributed by atoms with van der Waals surface area (Å²) in [4.78, 5) is 20.3. The summed E-state index contributed by atoms with van der Waals surface area (Å²) in [7, 11) is 0. The zero-order chi connectivity index (χ0) is 18.0. The maximum atomic E-state index is 13.0. The van der Waals surface area contributed by atoms with Gasteiger partial charge in [-0.05, 0) is 30.5 Å². The number of benzene rings is 1. The second kappa shape index (κ2) is 7.32. The van der Waals surface area contributed by atoms with Crippen molar-refractivity contribution in [3.8, 4) is 0 Å². The molecule has 2 fully saturated rings. The molecule has 1 spiro atoms. The van der Waals surface area contributed by atoms with Gasteiger partial charge in [0.1, 0.15) is 11.5 Å². The first-order valence-electron chi connectivity index (χ1n) is 9.24. The third-order valence-corrected chi connectivity index (χ3v) is 5.33. The number of nitrogens with one attached hydrogen (secondary N) is 1. The van der Waals surface area contributed by atoms with Crippen LogP contribution in [0.25, 0.3) is 0 Å². The largest absolute Gasteiger partial charge is 0.387 e. The molecule has 2 saturated heterocycles. The lowest BCUT2D eigenvalue weighted by atomic mass is 9.96. The SMILES string of the molecule is O=C(NC[C@@H]1CCCO1)C1=NO[C@]2(CCN(Cc3ccc(F)cc3)C2)C1. The number of rotatable bonds is 5. The third kappa shape index (κ3) is 3.88. The molecule has 1 N–H and O–H groups in total. The summed E-state index contributed by atoms with van der Waals surface area (Å²) < 4.78 is 18.5. The van der Waals surface area contributed by atoms with Gasteiger partial charge < -0.3 is 14.9 Å². The molecule has 2 atom stereocenters. The van der Waals surface area contributed by atoms with Crippen molar-refractivity contribution >= 4 is 11.6 Å². The Morgan fingerprint density at radius 3 is 3.00 bits per heavy atom. The van der Waals surface area contributed by atoms with E-state index >= 15 is 0 Å². The molecule has 4 rings (SSSR count). The van der Waals surface area contributed by atoms with Gasteiger partial charge in [-0.25, -0.2) is 4.39 Å². The van der Waals surface area contributed by atoms with Crippen LogP contribution in [0.15, 0.2) is 29.4 Å². The Kier molecular flexibility index (Phi) is 4.91. The number of carbonyl (C=O) groups is 1. The van der Waals surface area contributed by atoms with Crippen LogP contribution in [0.2, 0.25) is 0 Å². The number of nitrogens with zero attached hydrogens (tertiary/aromatic N) is 2. The lowest BCUT2D eigenvalue weighted by Crippen LogP contribution is -2.39. The van der Waals surface area contributed by atoms with E-state index < -0.39 is 5.60 Å². The average Bonchev–Trinajstić information content (AvgIpc) is 3.38. The molecule has 0 bridgehead atoms. The molecule has 3 aliphatic rings. The average molecular weight is 361 g/mol. The Labute approximate surface area is 152 Å². The smallest absolute Gasteiger partial charge is 0.269 e. The zero-order valence-corrected chi connectivity index (χ0v) is 14.7. The summed E-state index contributed by atoms with van der Waals surface area (Å²) in [6.07, 6.45) is 3.53. The lowest BCUT2D eigenvalue weighted by Gasteiger charge is -2.21. The van der Waals surface area contributed by atoms with E-state index in [1.165, 1.54) is 12.1 Å². The minimum Gasteiger partial charge on any atom is -0.387 e. The Balaban J connectivity index is 1.27. The van der Waals surface area contributed by atoms with Crippen LogP contribution < -0.4 is 5.32 Å². The molecule has 1 aromatic carbocycles. The minimum absolute atomic E-state index is 0.119. The van der Waals surface area contributed by atoms with E-state index in [4.69, 9.17) is 9.57 Å². The first-order valence-corrected chi connectivity index (χ1v) is 9.24. The molecule has 1 aromatic rings. The summed E-state index contributed by atoms with van der Waals surface area (Å²) in [5.41, 5.74) is 1.12. The van der Waals surface area contributed by atoms with Crippen molar-refractivity contribution in [3.05, 3.63) is 35.6 Å². The summed E-state index contributed by atoms with van der Waals surface area (Å²) in [6, 6.07) is 6.56. The van der Waals surface area contributed by atoms with E-state index in [9.17, 15) is 9.18 Å². The number of hydrogen-bond donors (Lipinski definition) is 1. The van der Waals surface area contributed by atoms with Gasteiger partial charge in [-0.3, -0.25) is 9.69 Å². The number of oxime groups is 1. The number of amides is 1. The Bertz CT molecular complexity index is 688. The van der Waals surface area contributed by atoms with Gasteiger partial charge in [-0.1, -0.05) is 17.3 Å². The number of likely N-dealkylation sites (tertiary alicyclic amines) is 1. The Hall–Kier alpha value is -1.99. The normalized spacial score (nSPS) is 28.3. The van der Waals surface area contributed by atoms with E-state index in [-0.39, 0.29) is 17.8 Å². The Morgan fingerprint density at radius 1 is 1.38 bits per heavy atom. The predicted octanol–water partition coefficient (Wildman–Crippen LogP) is 1.84. The second-order valence-corrected chi connectivity index (χ2v) is 7.42. The quantitative estimate of drug-likeness (QED) is 0.869. The number of hydrogen-bond acceptors (Lipinski definition) is 5. The molecule has 0 unspecified atom stereocenters.